The zero-order valence-electron chi connectivity index (χ0n) is 18.0. The Bertz CT molecular complexity index is 1250. The second kappa shape index (κ2) is 8.25. The van der Waals surface area contributed by atoms with Crippen molar-refractivity contribution in [3.8, 4) is 11.3 Å². The molecule has 5 rings (SSSR count). The number of sulfonamides is 1. The van der Waals surface area contributed by atoms with Crippen LogP contribution in [-0.2, 0) is 10.0 Å². The second-order valence-electron chi connectivity index (χ2n) is 8.71. The number of fused-ring (bicyclic) bond motifs is 1. The van der Waals surface area contributed by atoms with Crippen LogP contribution in [0.25, 0.3) is 16.9 Å². The van der Waals surface area contributed by atoms with E-state index < -0.39 is 22.4 Å². The number of nitrogens with two attached hydrogens (primary N) is 1. The summed E-state index contributed by atoms with van der Waals surface area (Å²) in [6.45, 7) is 1.23. The van der Waals surface area contributed by atoms with Gasteiger partial charge in [0.2, 0.25) is 16.4 Å². The molecule has 3 N–H and O–H groups in total. The monoisotopic (exact) mass is 482 g/mol. The zero-order chi connectivity index (χ0) is 23.3. The number of hydrogen-bond donors (Lipinski definition) is 2. The molecule has 2 unspecified atom stereocenters. The van der Waals surface area contributed by atoms with E-state index in [1.807, 2.05) is 9.47 Å². The normalized spacial score (nSPS) is 25.4. The molecule has 0 bridgehead atoms. The third kappa shape index (κ3) is 4.06. The summed E-state index contributed by atoms with van der Waals surface area (Å²) in [4.78, 5) is 6.49. The van der Waals surface area contributed by atoms with Gasteiger partial charge in [0, 0.05) is 43.7 Å². The first kappa shape index (κ1) is 22.1. The lowest BCUT2D eigenvalue weighted by atomic mass is 9.98. The van der Waals surface area contributed by atoms with Crippen LogP contribution in [0.2, 0.25) is 0 Å². The fraction of sp³-hybridized carbons (Fsp3) is 0.579. The SMILES string of the molecule is CS(=O)(=O)N1CCC(n2c(N)n[n+]3cc(-c4cn[nH]c4)ncc23)C(N2CC[C@H](C(F)F)C2)C1. The molecule has 2 saturated heterocycles. The molecule has 11 nitrogen and oxygen atoms in total. The van der Waals surface area contributed by atoms with Crippen LogP contribution in [0.3, 0.4) is 0 Å². The summed E-state index contributed by atoms with van der Waals surface area (Å²) in [6.07, 6.45) is 6.42. The Labute approximate surface area is 189 Å². The van der Waals surface area contributed by atoms with Gasteiger partial charge in [-0.05, 0) is 18.1 Å². The fourth-order valence-electron chi connectivity index (χ4n) is 4.98. The Morgan fingerprint density at radius 2 is 2.03 bits per heavy atom. The number of nitrogens with zero attached hydrogens (tertiary/aromatic N) is 7. The lowest BCUT2D eigenvalue weighted by molar-refractivity contribution is -0.576. The van der Waals surface area contributed by atoms with Gasteiger partial charge < -0.3 is 5.73 Å². The van der Waals surface area contributed by atoms with Crippen LogP contribution in [0.4, 0.5) is 14.7 Å². The maximum absolute atomic E-state index is 13.4. The molecule has 0 saturated carbocycles. The van der Waals surface area contributed by atoms with Gasteiger partial charge in [0.1, 0.15) is 24.1 Å². The average molecular weight is 483 g/mol. The standard InChI is InChI=1S/C19H26F2N9O2S/c1-33(31,32)28-5-3-15(16(11-28)27-4-2-12(9-27)18(20)21)30-17-8-23-14(13-6-24-25-7-13)10-29(17)26-19(30)22/h6-8,10,12,15-16,18H,2-5,9,11H2,1H3,(H2,22,26)(H,24,25)/q+1/t12-,15?,16?/m0/s1. The lowest BCUT2D eigenvalue weighted by Crippen LogP contribution is -2.54. The van der Waals surface area contributed by atoms with Crippen LogP contribution in [0.5, 0.6) is 0 Å². The maximum atomic E-state index is 13.4. The average Bonchev–Trinajstić information content (AvgIpc) is 3.51. The highest BCUT2D eigenvalue weighted by atomic mass is 32.2. The van der Waals surface area contributed by atoms with Crippen molar-refractivity contribution >= 4 is 21.6 Å². The lowest BCUT2D eigenvalue weighted by Gasteiger charge is -2.40. The number of anilines is 1. The molecule has 0 spiro atoms. The fourth-order valence-corrected chi connectivity index (χ4v) is 5.84. The first-order valence-electron chi connectivity index (χ1n) is 10.7. The smallest absolute Gasteiger partial charge is 0.330 e. The van der Waals surface area contributed by atoms with Gasteiger partial charge in [-0.25, -0.2) is 26.5 Å². The molecule has 2 aliphatic rings. The highest BCUT2D eigenvalue weighted by Gasteiger charge is 2.45. The molecule has 3 aromatic heterocycles. The van der Waals surface area contributed by atoms with Crippen LogP contribution < -0.4 is 10.2 Å². The third-order valence-electron chi connectivity index (χ3n) is 6.69. The zero-order valence-corrected chi connectivity index (χ0v) is 18.9. The molecule has 0 aromatic carbocycles. The summed E-state index contributed by atoms with van der Waals surface area (Å²) in [7, 11) is -3.42. The number of alkyl halides is 2. The number of rotatable bonds is 5. The van der Waals surface area contributed by atoms with Gasteiger partial charge in [-0.1, -0.05) is 4.52 Å². The van der Waals surface area contributed by atoms with E-state index in [4.69, 9.17) is 5.73 Å². The molecule has 0 aliphatic carbocycles. The molecule has 14 heteroatoms. The second-order valence-corrected chi connectivity index (χ2v) is 10.7. The van der Waals surface area contributed by atoms with Crippen molar-refractivity contribution in [1.82, 2.24) is 34.1 Å². The number of nitrogens with one attached hydrogen (secondary N) is 1. The molecule has 2 fully saturated rings. The topological polar surface area (TPSA) is 130 Å². The van der Waals surface area contributed by atoms with E-state index in [9.17, 15) is 17.2 Å². The molecule has 178 valence electrons. The van der Waals surface area contributed by atoms with Gasteiger partial charge in [-0.3, -0.25) is 10.00 Å². The Balaban J connectivity index is 1.52. The molecule has 33 heavy (non-hydrogen) atoms. The van der Waals surface area contributed by atoms with Crippen molar-refractivity contribution in [1.29, 1.82) is 0 Å². The Morgan fingerprint density at radius 1 is 1.21 bits per heavy atom. The number of piperidine rings is 1. The summed E-state index contributed by atoms with van der Waals surface area (Å²) in [5.74, 6) is -0.460. The van der Waals surface area contributed by atoms with Gasteiger partial charge in [0.05, 0.1) is 18.5 Å². The van der Waals surface area contributed by atoms with Gasteiger partial charge in [0.15, 0.2) is 0 Å². The maximum Gasteiger partial charge on any atom is 0.330 e. The number of nitrogen functional groups attached to an aromatic ring is 1. The van der Waals surface area contributed by atoms with E-state index in [1.165, 1.54) is 10.6 Å². The molecular formula is C19H26F2N9O2S+. The molecule has 0 amide bonds. The molecular weight excluding hydrogens is 456 g/mol. The molecule has 2 aliphatic heterocycles. The molecule has 5 heterocycles. The van der Waals surface area contributed by atoms with Gasteiger partial charge in [-0.2, -0.15) is 9.67 Å². The van der Waals surface area contributed by atoms with Crippen molar-refractivity contribution < 1.29 is 21.7 Å². The minimum absolute atomic E-state index is 0.212. The number of halogens is 2. The summed E-state index contributed by atoms with van der Waals surface area (Å²) < 4.78 is 56.1. The minimum atomic E-state index is -3.42. The molecule has 3 aromatic rings. The van der Waals surface area contributed by atoms with Crippen LogP contribution in [-0.4, -0.2) is 87.4 Å². The first-order chi connectivity index (χ1) is 15.7. The van der Waals surface area contributed by atoms with Crippen molar-refractivity contribution in [3.05, 3.63) is 24.8 Å². The van der Waals surface area contributed by atoms with E-state index in [-0.39, 0.29) is 31.1 Å². The Hall–Kier alpha value is -2.71. The van der Waals surface area contributed by atoms with Gasteiger partial charge in [0.25, 0.3) is 0 Å². The van der Waals surface area contributed by atoms with Crippen molar-refractivity contribution in [2.24, 2.45) is 5.92 Å². The number of H-pyrrole nitrogens is 1. The largest absolute Gasteiger partial charge is 0.347 e. The predicted molar refractivity (Wildman–Crippen MR) is 115 cm³/mol. The predicted octanol–water partition coefficient (Wildman–Crippen LogP) is 0.151. The van der Waals surface area contributed by atoms with E-state index >= 15 is 0 Å². The number of aromatic nitrogens is 6. The van der Waals surface area contributed by atoms with Crippen LogP contribution in [0, 0.1) is 5.92 Å². The highest BCUT2D eigenvalue weighted by molar-refractivity contribution is 7.88. The number of hydrogen-bond acceptors (Lipinski definition) is 7. The van der Waals surface area contributed by atoms with Crippen LogP contribution in [0.1, 0.15) is 18.9 Å². The van der Waals surface area contributed by atoms with E-state index in [0.717, 1.165) is 5.56 Å². The summed E-state index contributed by atoms with van der Waals surface area (Å²) in [6, 6.07) is -0.551. The van der Waals surface area contributed by atoms with E-state index in [2.05, 4.69) is 20.3 Å². The Morgan fingerprint density at radius 3 is 2.70 bits per heavy atom. The summed E-state index contributed by atoms with van der Waals surface area (Å²) in [5.41, 5.74) is 8.43. The van der Waals surface area contributed by atoms with Gasteiger partial charge >= 0.3 is 11.6 Å². The van der Waals surface area contributed by atoms with Crippen molar-refractivity contribution in [3.63, 3.8) is 0 Å². The van der Waals surface area contributed by atoms with Crippen molar-refractivity contribution in [2.75, 3.05) is 38.2 Å². The summed E-state index contributed by atoms with van der Waals surface area (Å²) >= 11 is 0. The number of likely N-dealkylation sites (tertiary alicyclic amines) is 1. The highest BCUT2D eigenvalue weighted by Crippen LogP contribution is 2.35. The van der Waals surface area contributed by atoms with Crippen molar-refractivity contribution in [2.45, 2.75) is 31.4 Å². The minimum Gasteiger partial charge on any atom is -0.347 e. The van der Waals surface area contributed by atoms with Crippen LogP contribution >= 0.6 is 0 Å². The Kier molecular flexibility index (Phi) is 5.53. The third-order valence-corrected chi connectivity index (χ3v) is 7.96. The quantitative estimate of drug-likeness (QED) is 0.495. The first-order valence-corrected chi connectivity index (χ1v) is 12.6. The van der Waals surface area contributed by atoms with E-state index in [0.29, 0.717) is 37.3 Å². The molecule has 0 radical (unpaired) electrons. The number of aromatic amines is 1. The van der Waals surface area contributed by atoms with E-state index in [1.54, 1.807) is 29.3 Å². The van der Waals surface area contributed by atoms with Crippen LogP contribution in [0.15, 0.2) is 24.8 Å². The molecule has 3 atom stereocenters. The summed E-state index contributed by atoms with van der Waals surface area (Å²) in [5, 5.41) is 11.1. The van der Waals surface area contributed by atoms with Gasteiger partial charge in [-0.15, -0.1) is 0 Å².